The molecular weight excluding hydrogens is 228 g/mol. The Morgan fingerprint density at radius 3 is 1.78 bits per heavy atom. The molecule has 0 aliphatic heterocycles. The van der Waals surface area contributed by atoms with Crippen LogP contribution in [0.3, 0.4) is 0 Å². The average molecular weight is 242 g/mol. The van der Waals surface area contributed by atoms with Gasteiger partial charge in [0.05, 0.1) is 0 Å². The lowest BCUT2D eigenvalue weighted by Gasteiger charge is -2.05. The number of pyridine rings is 2. The molecule has 0 spiro atoms. The second kappa shape index (κ2) is 5.27. The lowest BCUT2D eigenvalue weighted by molar-refractivity contribution is 0.103. The van der Waals surface area contributed by atoms with Gasteiger partial charge in [-0.05, 0) is 24.3 Å². The van der Waals surface area contributed by atoms with Gasteiger partial charge in [-0.25, -0.2) is 9.97 Å². The molecular formula is C13H14N4O. The third-order valence-corrected chi connectivity index (χ3v) is 2.56. The van der Waals surface area contributed by atoms with E-state index >= 15 is 0 Å². The summed E-state index contributed by atoms with van der Waals surface area (Å²) in [5.74, 6) is 1.29. The number of hydrogen-bond acceptors (Lipinski definition) is 5. The van der Waals surface area contributed by atoms with Gasteiger partial charge in [0, 0.05) is 37.6 Å². The minimum absolute atomic E-state index is 0.0483. The highest BCUT2D eigenvalue weighted by Crippen LogP contribution is 2.14. The van der Waals surface area contributed by atoms with Crippen molar-refractivity contribution >= 4 is 17.4 Å². The number of nitrogens with one attached hydrogen (secondary N) is 2. The van der Waals surface area contributed by atoms with E-state index in [0.29, 0.717) is 22.8 Å². The van der Waals surface area contributed by atoms with E-state index in [1.165, 1.54) is 0 Å². The summed E-state index contributed by atoms with van der Waals surface area (Å²) in [6.07, 6.45) is 3.22. The highest BCUT2D eigenvalue weighted by molar-refractivity contribution is 6.09. The third-order valence-electron chi connectivity index (χ3n) is 2.56. The molecule has 2 aromatic heterocycles. The van der Waals surface area contributed by atoms with Crippen LogP contribution < -0.4 is 10.6 Å². The minimum atomic E-state index is -0.0483. The number of ketones is 1. The van der Waals surface area contributed by atoms with Gasteiger partial charge in [0.25, 0.3) is 0 Å². The highest BCUT2D eigenvalue weighted by Gasteiger charge is 2.10. The second-order valence-electron chi connectivity index (χ2n) is 3.69. The van der Waals surface area contributed by atoms with Crippen molar-refractivity contribution < 1.29 is 4.79 Å². The maximum Gasteiger partial charge on any atom is 0.193 e. The first-order chi connectivity index (χ1) is 8.74. The molecule has 0 unspecified atom stereocenters. The molecule has 18 heavy (non-hydrogen) atoms. The monoisotopic (exact) mass is 242 g/mol. The molecule has 0 atom stereocenters. The molecule has 2 N–H and O–H groups in total. The SMILES string of the molecule is CNc1cc(C(=O)c2ccnc(NC)c2)ccn1. The zero-order chi connectivity index (χ0) is 13.0. The quantitative estimate of drug-likeness (QED) is 0.800. The fourth-order valence-electron chi connectivity index (χ4n) is 1.58. The van der Waals surface area contributed by atoms with Crippen LogP contribution in [0.1, 0.15) is 15.9 Å². The van der Waals surface area contributed by atoms with Gasteiger partial charge in [0.1, 0.15) is 11.6 Å². The van der Waals surface area contributed by atoms with Gasteiger partial charge in [-0.2, -0.15) is 0 Å². The Labute approximate surface area is 105 Å². The van der Waals surface area contributed by atoms with Crippen molar-refractivity contribution in [3.05, 3.63) is 47.8 Å². The third kappa shape index (κ3) is 2.45. The molecule has 5 nitrogen and oxygen atoms in total. The summed E-state index contributed by atoms with van der Waals surface area (Å²) in [6.45, 7) is 0. The van der Waals surface area contributed by atoms with Gasteiger partial charge in [0.15, 0.2) is 5.78 Å². The number of hydrogen-bond donors (Lipinski definition) is 2. The van der Waals surface area contributed by atoms with Gasteiger partial charge < -0.3 is 10.6 Å². The first-order valence-electron chi connectivity index (χ1n) is 5.57. The Morgan fingerprint density at radius 2 is 1.39 bits per heavy atom. The normalized spacial score (nSPS) is 9.89. The largest absolute Gasteiger partial charge is 0.373 e. The van der Waals surface area contributed by atoms with Crippen LogP contribution in [0.5, 0.6) is 0 Å². The molecule has 0 aromatic carbocycles. The maximum atomic E-state index is 12.3. The molecule has 5 heteroatoms. The van der Waals surface area contributed by atoms with Gasteiger partial charge >= 0.3 is 0 Å². The van der Waals surface area contributed by atoms with Crippen molar-refractivity contribution in [3.63, 3.8) is 0 Å². The molecule has 2 heterocycles. The lowest BCUT2D eigenvalue weighted by atomic mass is 10.1. The van der Waals surface area contributed by atoms with E-state index < -0.39 is 0 Å². The molecule has 0 amide bonds. The summed E-state index contributed by atoms with van der Waals surface area (Å²) in [4.78, 5) is 20.4. The summed E-state index contributed by atoms with van der Waals surface area (Å²) in [6, 6.07) is 6.84. The molecule has 0 radical (unpaired) electrons. The molecule has 0 saturated heterocycles. The van der Waals surface area contributed by atoms with Crippen molar-refractivity contribution in [2.45, 2.75) is 0 Å². The lowest BCUT2D eigenvalue weighted by Crippen LogP contribution is -2.04. The highest BCUT2D eigenvalue weighted by atomic mass is 16.1. The minimum Gasteiger partial charge on any atom is -0.373 e. The van der Waals surface area contributed by atoms with E-state index in [2.05, 4.69) is 20.6 Å². The van der Waals surface area contributed by atoms with Crippen LogP contribution in [0.25, 0.3) is 0 Å². The smallest absolute Gasteiger partial charge is 0.193 e. The average Bonchev–Trinajstić information content (AvgIpc) is 2.46. The summed E-state index contributed by atoms with van der Waals surface area (Å²) < 4.78 is 0. The van der Waals surface area contributed by atoms with Crippen LogP contribution in [0, 0.1) is 0 Å². The van der Waals surface area contributed by atoms with Crippen molar-refractivity contribution in [2.75, 3.05) is 24.7 Å². The van der Waals surface area contributed by atoms with Crippen molar-refractivity contribution in [2.24, 2.45) is 0 Å². The molecule has 2 rings (SSSR count). The Morgan fingerprint density at radius 1 is 0.944 bits per heavy atom. The number of carbonyl (C=O) groups is 1. The van der Waals surface area contributed by atoms with Crippen molar-refractivity contribution in [1.82, 2.24) is 9.97 Å². The summed E-state index contributed by atoms with van der Waals surface area (Å²) in [5, 5.41) is 5.82. The molecule has 0 bridgehead atoms. The van der Waals surface area contributed by atoms with Gasteiger partial charge in [-0.3, -0.25) is 4.79 Å². The number of nitrogens with zero attached hydrogens (tertiary/aromatic N) is 2. The zero-order valence-electron chi connectivity index (χ0n) is 10.3. The Bertz CT molecular complexity index is 519. The van der Waals surface area contributed by atoms with Crippen LogP contribution in [0.15, 0.2) is 36.7 Å². The first-order valence-corrected chi connectivity index (χ1v) is 5.57. The van der Waals surface area contributed by atoms with Crippen LogP contribution >= 0.6 is 0 Å². The maximum absolute atomic E-state index is 12.3. The molecule has 92 valence electrons. The van der Waals surface area contributed by atoms with Crippen LogP contribution in [-0.4, -0.2) is 29.8 Å². The fourth-order valence-corrected chi connectivity index (χ4v) is 1.58. The zero-order valence-corrected chi connectivity index (χ0v) is 10.3. The summed E-state index contributed by atoms with van der Waals surface area (Å²) in [5.41, 5.74) is 1.20. The molecule has 0 aliphatic rings. The van der Waals surface area contributed by atoms with Crippen LogP contribution in [-0.2, 0) is 0 Å². The second-order valence-corrected chi connectivity index (χ2v) is 3.69. The summed E-state index contributed by atoms with van der Waals surface area (Å²) in [7, 11) is 3.53. The Balaban J connectivity index is 2.34. The van der Waals surface area contributed by atoms with Gasteiger partial charge in [0.2, 0.25) is 0 Å². The number of rotatable bonds is 4. The van der Waals surface area contributed by atoms with E-state index in [4.69, 9.17) is 0 Å². The molecule has 0 aliphatic carbocycles. The van der Waals surface area contributed by atoms with E-state index in [9.17, 15) is 4.79 Å². The van der Waals surface area contributed by atoms with E-state index in [1.54, 1.807) is 50.8 Å². The van der Waals surface area contributed by atoms with E-state index in [1.807, 2.05) is 0 Å². The van der Waals surface area contributed by atoms with E-state index in [-0.39, 0.29) is 5.78 Å². The first kappa shape index (κ1) is 12.0. The topological polar surface area (TPSA) is 66.9 Å². The molecule has 2 aromatic rings. The predicted molar refractivity (Wildman–Crippen MR) is 71.0 cm³/mol. The Hall–Kier alpha value is -2.43. The summed E-state index contributed by atoms with van der Waals surface area (Å²) >= 11 is 0. The standard InChI is InChI=1S/C13H14N4O/c1-14-11-7-9(3-5-16-11)13(18)10-4-6-17-12(8-10)15-2/h3-8H,1-2H3,(H,14,16)(H,15,17). The van der Waals surface area contributed by atoms with Crippen LogP contribution in [0.2, 0.25) is 0 Å². The number of aromatic nitrogens is 2. The van der Waals surface area contributed by atoms with Crippen molar-refractivity contribution in [1.29, 1.82) is 0 Å². The van der Waals surface area contributed by atoms with Gasteiger partial charge in [-0.1, -0.05) is 0 Å². The number of anilines is 2. The van der Waals surface area contributed by atoms with Crippen molar-refractivity contribution in [3.8, 4) is 0 Å². The fraction of sp³-hybridized carbons (Fsp3) is 0.154. The molecule has 0 fully saturated rings. The Kier molecular flexibility index (Phi) is 3.52. The number of carbonyl (C=O) groups excluding carboxylic acids is 1. The molecule has 0 saturated carbocycles. The van der Waals surface area contributed by atoms with Crippen LogP contribution in [0.4, 0.5) is 11.6 Å². The van der Waals surface area contributed by atoms with E-state index in [0.717, 1.165) is 0 Å². The van der Waals surface area contributed by atoms with Gasteiger partial charge in [-0.15, -0.1) is 0 Å². The predicted octanol–water partition coefficient (Wildman–Crippen LogP) is 1.79.